The number of carboxylic acids is 1. The predicted molar refractivity (Wildman–Crippen MR) is 65.8 cm³/mol. The molecule has 2 heterocycles. The highest BCUT2D eigenvalue weighted by Gasteiger charge is 2.19. The fraction of sp³-hybridized carbons (Fsp3) is 0.417. The molecule has 0 saturated carbocycles. The molecule has 1 aliphatic heterocycles. The van der Waals surface area contributed by atoms with Crippen LogP contribution in [0.15, 0.2) is 12.1 Å². The van der Waals surface area contributed by atoms with Gasteiger partial charge in [0.05, 0.1) is 12.1 Å². The molecule has 1 amide bonds. The molecule has 0 spiro atoms. The van der Waals surface area contributed by atoms with Crippen molar-refractivity contribution in [1.82, 2.24) is 10.3 Å². The number of nitrogens with zero attached hydrogens (tertiary/aromatic N) is 2. The maximum atomic E-state index is 11.3. The first kappa shape index (κ1) is 12.3. The Morgan fingerprint density at radius 1 is 1.56 bits per heavy atom. The Kier molecular flexibility index (Phi) is 3.45. The Labute approximate surface area is 105 Å². The highest BCUT2D eigenvalue weighted by molar-refractivity contribution is 5.89. The third-order valence-electron chi connectivity index (χ3n) is 2.84. The summed E-state index contributed by atoms with van der Waals surface area (Å²) >= 11 is 0. The number of nitrogens with one attached hydrogen (secondary N) is 1. The molecule has 6 heteroatoms. The van der Waals surface area contributed by atoms with Crippen molar-refractivity contribution in [1.29, 1.82) is 0 Å². The second-order valence-electron chi connectivity index (χ2n) is 4.14. The topological polar surface area (TPSA) is 82.5 Å². The molecule has 1 saturated heterocycles. The van der Waals surface area contributed by atoms with E-state index in [-0.39, 0.29) is 18.0 Å². The first-order valence-electron chi connectivity index (χ1n) is 5.86. The molecule has 2 N–H and O–H groups in total. The van der Waals surface area contributed by atoms with E-state index in [0.29, 0.717) is 25.3 Å². The van der Waals surface area contributed by atoms with Crippen molar-refractivity contribution in [2.75, 3.05) is 24.5 Å². The molecule has 1 aliphatic rings. The van der Waals surface area contributed by atoms with Gasteiger partial charge in [-0.25, -0.2) is 9.78 Å². The number of amides is 1. The Bertz CT molecular complexity index is 487. The average Bonchev–Trinajstić information content (AvgIpc) is 2.38. The fourth-order valence-corrected chi connectivity index (χ4v) is 1.87. The van der Waals surface area contributed by atoms with Crippen molar-refractivity contribution in [3.8, 4) is 0 Å². The molecule has 0 bridgehead atoms. The molecule has 18 heavy (non-hydrogen) atoms. The molecular weight excluding hydrogens is 234 g/mol. The zero-order chi connectivity index (χ0) is 13.1. The molecule has 96 valence electrons. The van der Waals surface area contributed by atoms with E-state index in [1.165, 1.54) is 6.07 Å². The molecule has 0 aromatic carbocycles. The second kappa shape index (κ2) is 5.03. The van der Waals surface area contributed by atoms with Gasteiger partial charge in [0.1, 0.15) is 5.82 Å². The first-order valence-corrected chi connectivity index (χ1v) is 5.86. The van der Waals surface area contributed by atoms with Crippen LogP contribution in [0, 0.1) is 0 Å². The molecule has 2 rings (SSSR count). The van der Waals surface area contributed by atoms with Gasteiger partial charge in [-0.3, -0.25) is 4.79 Å². The van der Waals surface area contributed by atoms with Crippen molar-refractivity contribution < 1.29 is 14.7 Å². The fourth-order valence-electron chi connectivity index (χ4n) is 1.87. The lowest BCUT2D eigenvalue weighted by Crippen LogP contribution is -2.48. The summed E-state index contributed by atoms with van der Waals surface area (Å²) in [5.74, 6) is -0.488. The highest BCUT2D eigenvalue weighted by atomic mass is 16.4. The SMILES string of the molecule is CCc1cc(C(=O)O)cc(N2CCNC(=O)C2)n1. The molecule has 1 aromatic heterocycles. The van der Waals surface area contributed by atoms with Gasteiger partial charge in [0.15, 0.2) is 0 Å². The van der Waals surface area contributed by atoms with Gasteiger partial charge in [-0.1, -0.05) is 6.92 Å². The van der Waals surface area contributed by atoms with Crippen LogP contribution in [0.5, 0.6) is 0 Å². The van der Waals surface area contributed by atoms with E-state index in [0.717, 1.165) is 5.69 Å². The molecule has 0 atom stereocenters. The van der Waals surface area contributed by atoms with Gasteiger partial charge in [-0.15, -0.1) is 0 Å². The summed E-state index contributed by atoms with van der Waals surface area (Å²) in [5, 5.41) is 11.8. The number of carbonyl (C=O) groups excluding carboxylic acids is 1. The van der Waals surface area contributed by atoms with E-state index >= 15 is 0 Å². The summed E-state index contributed by atoms with van der Waals surface area (Å²) in [5.41, 5.74) is 0.929. The number of piperazine rings is 1. The Hall–Kier alpha value is -2.11. The number of hydrogen-bond donors (Lipinski definition) is 2. The second-order valence-corrected chi connectivity index (χ2v) is 4.14. The number of pyridine rings is 1. The van der Waals surface area contributed by atoms with Crippen LogP contribution in [0.2, 0.25) is 0 Å². The molecule has 0 aliphatic carbocycles. The van der Waals surface area contributed by atoms with Crippen molar-refractivity contribution in [3.05, 3.63) is 23.4 Å². The summed E-state index contributed by atoms with van der Waals surface area (Å²) in [7, 11) is 0. The smallest absolute Gasteiger partial charge is 0.335 e. The average molecular weight is 249 g/mol. The van der Waals surface area contributed by atoms with E-state index in [4.69, 9.17) is 5.11 Å². The van der Waals surface area contributed by atoms with E-state index in [9.17, 15) is 9.59 Å². The number of anilines is 1. The minimum absolute atomic E-state index is 0.0678. The number of carbonyl (C=O) groups is 2. The predicted octanol–water partition coefficient (Wildman–Crippen LogP) is 0.278. The van der Waals surface area contributed by atoms with Crippen LogP contribution in [-0.4, -0.2) is 41.6 Å². The van der Waals surface area contributed by atoms with E-state index < -0.39 is 5.97 Å². The van der Waals surface area contributed by atoms with E-state index in [1.807, 2.05) is 6.92 Å². The largest absolute Gasteiger partial charge is 0.478 e. The lowest BCUT2D eigenvalue weighted by Gasteiger charge is -2.28. The Morgan fingerprint density at radius 2 is 2.33 bits per heavy atom. The van der Waals surface area contributed by atoms with Crippen LogP contribution in [0.1, 0.15) is 23.0 Å². The molecule has 1 fully saturated rings. The van der Waals surface area contributed by atoms with E-state index in [1.54, 1.807) is 11.0 Å². The number of carboxylic acid groups (broad SMARTS) is 1. The van der Waals surface area contributed by atoms with Crippen LogP contribution in [0.3, 0.4) is 0 Å². The summed E-state index contributed by atoms with van der Waals surface area (Å²) in [4.78, 5) is 28.5. The maximum absolute atomic E-state index is 11.3. The van der Waals surface area contributed by atoms with Crippen LogP contribution in [-0.2, 0) is 11.2 Å². The third-order valence-corrected chi connectivity index (χ3v) is 2.84. The lowest BCUT2D eigenvalue weighted by atomic mass is 10.2. The monoisotopic (exact) mass is 249 g/mol. The third kappa shape index (κ3) is 2.58. The molecule has 0 radical (unpaired) electrons. The number of rotatable bonds is 3. The molecule has 6 nitrogen and oxygen atoms in total. The van der Waals surface area contributed by atoms with Crippen molar-refractivity contribution in [2.45, 2.75) is 13.3 Å². The van der Waals surface area contributed by atoms with Gasteiger partial charge in [-0.05, 0) is 18.6 Å². The van der Waals surface area contributed by atoms with Gasteiger partial charge in [-0.2, -0.15) is 0 Å². The van der Waals surface area contributed by atoms with Crippen LogP contribution in [0.4, 0.5) is 5.82 Å². The minimum atomic E-state index is -0.977. The van der Waals surface area contributed by atoms with Crippen molar-refractivity contribution >= 4 is 17.7 Å². The number of aromatic nitrogens is 1. The Morgan fingerprint density at radius 3 is 2.94 bits per heavy atom. The van der Waals surface area contributed by atoms with Gasteiger partial charge in [0.25, 0.3) is 0 Å². The number of aromatic carboxylic acids is 1. The quantitative estimate of drug-likeness (QED) is 0.804. The van der Waals surface area contributed by atoms with Crippen LogP contribution < -0.4 is 10.2 Å². The highest BCUT2D eigenvalue weighted by Crippen LogP contribution is 2.16. The number of hydrogen-bond acceptors (Lipinski definition) is 4. The first-order chi connectivity index (χ1) is 8.60. The molecule has 1 aromatic rings. The van der Waals surface area contributed by atoms with Crippen LogP contribution in [0.25, 0.3) is 0 Å². The number of aryl methyl sites for hydroxylation is 1. The minimum Gasteiger partial charge on any atom is -0.478 e. The Balaban J connectivity index is 2.33. The van der Waals surface area contributed by atoms with Gasteiger partial charge < -0.3 is 15.3 Å². The van der Waals surface area contributed by atoms with Gasteiger partial charge in [0.2, 0.25) is 5.91 Å². The molecular formula is C12H15N3O3. The summed E-state index contributed by atoms with van der Waals surface area (Å²) in [6, 6.07) is 3.08. The van der Waals surface area contributed by atoms with Crippen molar-refractivity contribution in [2.24, 2.45) is 0 Å². The van der Waals surface area contributed by atoms with Gasteiger partial charge in [0, 0.05) is 18.8 Å². The zero-order valence-corrected chi connectivity index (χ0v) is 10.1. The van der Waals surface area contributed by atoms with Gasteiger partial charge >= 0.3 is 5.97 Å². The zero-order valence-electron chi connectivity index (χ0n) is 10.1. The summed E-state index contributed by atoms with van der Waals surface area (Å²) in [6.07, 6.45) is 0.661. The maximum Gasteiger partial charge on any atom is 0.335 e. The standard InChI is InChI=1S/C12H15N3O3/c1-2-9-5-8(12(17)18)6-10(14-9)15-4-3-13-11(16)7-15/h5-6H,2-4,7H2,1H3,(H,13,16)(H,17,18). The molecule has 0 unspecified atom stereocenters. The normalized spacial score (nSPS) is 15.4. The van der Waals surface area contributed by atoms with Crippen LogP contribution >= 0.6 is 0 Å². The van der Waals surface area contributed by atoms with Crippen molar-refractivity contribution in [3.63, 3.8) is 0 Å². The summed E-state index contributed by atoms with van der Waals surface area (Å²) < 4.78 is 0. The summed E-state index contributed by atoms with van der Waals surface area (Å²) in [6.45, 7) is 3.34. The lowest BCUT2D eigenvalue weighted by molar-refractivity contribution is -0.120. The van der Waals surface area contributed by atoms with E-state index in [2.05, 4.69) is 10.3 Å².